The first-order valence-electron chi connectivity index (χ1n) is 11.2. The monoisotopic (exact) mass is 500 g/mol. The maximum absolute atomic E-state index is 13.3. The third kappa shape index (κ3) is 6.73. The number of halogens is 1. The number of benzene rings is 2. The van der Waals surface area contributed by atoms with Gasteiger partial charge in [0, 0.05) is 11.6 Å². The number of hydrogen-bond acceptors (Lipinski definition) is 5. The van der Waals surface area contributed by atoms with Gasteiger partial charge < -0.3 is 9.84 Å². The molecule has 2 N–H and O–H groups in total. The second-order valence-electron chi connectivity index (χ2n) is 8.87. The van der Waals surface area contributed by atoms with E-state index in [0.717, 1.165) is 21.4 Å². The number of carbonyl (C=O) groups is 1. The number of nitrogens with zero attached hydrogens (tertiary/aromatic N) is 3. The summed E-state index contributed by atoms with van der Waals surface area (Å²) in [7, 11) is 0. The molecule has 35 heavy (non-hydrogen) atoms. The molecule has 0 spiro atoms. The lowest BCUT2D eigenvalue weighted by molar-refractivity contribution is -0.141. The molecule has 10 heteroatoms. The van der Waals surface area contributed by atoms with E-state index in [0.29, 0.717) is 23.2 Å². The molecule has 0 aliphatic heterocycles. The smallest absolute Gasteiger partial charge is 0.335 e. The summed E-state index contributed by atoms with van der Waals surface area (Å²) in [6.45, 7) is 7.86. The first-order chi connectivity index (χ1) is 16.5. The Bertz CT molecular complexity index is 1390. The van der Waals surface area contributed by atoms with Gasteiger partial charge in [0.25, 0.3) is 0 Å². The molecule has 9 nitrogen and oxygen atoms in total. The number of nitrogens with one attached hydrogen (secondary N) is 1. The van der Waals surface area contributed by atoms with E-state index in [9.17, 15) is 19.5 Å². The highest BCUT2D eigenvalue weighted by molar-refractivity contribution is 6.30. The van der Waals surface area contributed by atoms with Crippen molar-refractivity contribution in [3.63, 3.8) is 0 Å². The summed E-state index contributed by atoms with van der Waals surface area (Å²) in [5.74, 6) is -0.921. The number of hydrogen-bond donors (Lipinski definition) is 2. The summed E-state index contributed by atoms with van der Waals surface area (Å²) in [6, 6.07) is 12.3. The Hall–Kier alpha value is -3.59. The van der Waals surface area contributed by atoms with E-state index in [1.54, 1.807) is 42.5 Å². The highest BCUT2D eigenvalue weighted by atomic mass is 35.5. The number of carboxylic acids is 1. The van der Waals surface area contributed by atoms with E-state index < -0.39 is 23.3 Å². The predicted molar refractivity (Wildman–Crippen MR) is 133 cm³/mol. The maximum Gasteiger partial charge on any atom is 0.335 e. The van der Waals surface area contributed by atoms with Crippen molar-refractivity contribution >= 4 is 23.3 Å². The lowest BCUT2D eigenvalue weighted by Crippen LogP contribution is -2.51. The molecule has 186 valence electrons. The van der Waals surface area contributed by atoms with Crippen LogP contribution in [0.5, 0.6) is 5.75 Å². The number of carboxylic acid groups (broad SMARTS) is 1. The minimum atomic E-state index is -1.11. The molecular formula is C25H29ClN4O5. The van der Waals surface area contributed by atoms with E-state index in [1.807, 2.05) is 6.92 Å². The van der Waals surface area contributed by atoms with Crippen molar-refractivity contribution in [2.24, 2.45) is 16.8 Å². The van der Waals surface area contributed by atoms with Crippen molar-refractivity contribution in [2.75, 3.05) is 6.61 Å². The average Bonchev–Trinajstić information content (AvgIpc) is 2.79. The number of aryl methyl sites for hydroxylation is 1. The van der Waals surface area contributed by atoms with Crippen molar-refractivity contribution < 1.29 is 14.6 Å². The molecule has 0 radical (unpaired) electrons. The number of H-pyrrole nitrogens is 1. The summed E-state index contributed by atoms with van der Waals surface area (Å²) in [5.41, 5.74) is 0.793. The second kappa shape index (κ2) is 11.2. The van der Waals surface area contributed by atoms with Gasteiger partial charge in [0.1, 0.15) is 5.75 Å². The van der Waals surface area contributed by atoms with Crippen LogP contribution in [-0.4, -0.2) is 31.8 Å². The minimum Gasteiger partial charge on any atom is -0.493 e. The largest absolute Gasteiger partial charge is 0.493 e. The third-order valence-corrected chi connectivity index (χ3v) is 5.53. The normalized spacial score (nSPS) is 12.7. The van der Waals surface area contributed by atoms with E-state index in [1.165, 1.54) is 11.5 Å². The van der Waals surface area contributed by atoms with Crippen LogP contribution in [0.3, 0.4) is 0 Å². The Kier molecular flexibility index (Phi) is 8.34. The quantitative estimate of drug-likeness (QED) is 0.467. The first-order valence-corrected chi connectivity index (χ1v) is 11.6. The second-order valence-corrected chi connectivity index (χ2v) is 9.30. The van der Waals surface area contributed by atoms with Crippen LogP contribution in [0.4, 0.5) is 5.69 Å². The summed E-state index contributed by atoms with van der Waals surface area (Å²) >= 11 is 5.98. The molecule has 0 saturated carbocycles. The van der Waals surface area contributed by atoms with E-state index in [-0.39, 0.29) is 18.7 Å². The van der Waals surface area contributed by atoms with E-state index in [4.69, 9.17) is 16.3 Å². The van der Waals surface area contributed by atoms with Crippen molar-refractivity contribution in [3.05, 3.63) is 85.2 Å². The third-order valence-electron chi connectivity index (χ3n) is 5.28. The number of rotatable bonds is 9. The Balaban J connectivity index is 2.12. The Morgan fingerprint density at radius 1 is 1.11 bits per heavy atom. The number of aromatic amines is 1. The van der Waals surface area contributed by atoms with Gasteiger partial charge in [-0.15, -0.1) is 0 Å². The van der Waals surface area contributed by atoms with Gasteiger partial charge in [-0.3, -0.25) is 14.3 Å². The van der Waals surface area contributed by atoms with Gasteiger partial charge in [-0.2, -0.15) is 0 Å². The minimum absolute atomic E-state index is 0.0458. The maximum atomic E-state index is 13.3. The molecule has 1 aromatic heterocycles. The van der Waals surface area contributed by atoms with Gasteiger partial charge in [0.15, 0.2) is 0 Å². The van der Waals surface area contributed by atoms with Crippen molar-refractivity contribution in [1.82, 2.24) is 14.1 Å². The van der Waals surface area contributed by atoms with Crippen LogP contribution in [0, 0.1) is 18.8 Å². The lowest BCUT2D eigenvalue weighted by atomic mass is 10.2. The molecule has 2 aromatic carbocycles. The topological polar surface area (TPSA) is 119 Å². The fourth-order valence-corrected chi connectivity index (χ4v) is 3.44. The number of aliphatic carboxylic acids is 1. The first kappa shape index (κ1) is 26.0. The fraction of sp³-hybridized carbons (Fsp3) is 0.360. The molecule has 3 rings (SSSR count). The van der Waals surface area contributed by atoms with Gasteiger partial charge >= 0.3 is 17.3 Å². The molecule has 0 bridgehead atoms. The summed E-state index contributed by atoms with van der Waals surface area (Å²) in [5, 5.41) is 9.80. The highest BCUT2D eigenvalue weighted by Crippen LogP contribution is 2.23. The van der Waals surface area contributed by atoms with Gasteiger partial charge in [0.05, 0.1) is 24.8 Å². The van der Waals surface area contributed by atoms with Crippen LogP contribution in [-0.2, 0) is 17.9 Å². The van der Waals surface area contributed by atoms with Gasteiger partial charge in [0.2, 0.25) is 5.62 Å². The van der Waals surface area contributed by atoms with Crippen molar-refractivity contribution in [1.29, 1.82) is 0 Å². The summed E-state index contributed by atoms with van der Waals surface area (Å²) in [4.78, 5) is 44.5. The number of aromatic nitrogens is 3. The highest BCUT2D eigenvalue weighted by Gasteiger charge is 2.17. The molecule has 3 aromatic rings. The zero-order valence-electron chi connectivity index (χ0n) is 20.1. The molecule has 0 aliphatic carbocycles. The van der Waals surface area contributed by atoms with Crippen LogP contribution in [0.2, 0.25) is 5.02 Å². The standard InChI is InChI=1S/C25H29ClN4O5/c1-15(2)14-35-21-10-9-20(11-16(21)3)27-23-28-24(33)30(12-17(4)22(31)32)25(34)29(23)13-18-5-7-19(26)8-6-18/h5-11,15,17H,12-14H2,1-4H3,(H,31,32)(H,27,28,33)/t17-/m0/s1. The summed E-state index contributed by atoms with van der Waals surface area (Å²) < 4.78 is 7.99. The zero-order chi connectivity index (χ0) is 25.7. The zero-order valence-corrected chi connectivity index (χ0v) is 20.9. The SMILES string of the molecule is Cc1cc(/N=c2\[nH]c(=O)n(C[C@H](C)C(=O)O)c(=O)n2Cc2ccc(Cl)cc2)ccc1OCC(C)C. The van der Waals surface area contributed by atoms with E-state index in [2.05, 4.69) is 23.8 Å². The van der Waals surface area contributed by atoms with Crippen LogP contribution in [0.15, 0.2) is 57.0 Å². The molecule has 1 atom stereocenters. The van der Waals surface area contributed by atoms with Gasteiger partial charge in [-0.25, -0.2) is 19.1 Å². The summed E-state index contributed by atoms with van der Waals surface area (Å²) in [6.07, 6.45) is 0. The van der Waals surface area contributed by atoms with Gasteiger partial charge in [-0.05, 0) is 54.3 Å². The van der Waals surface area contributed by atoms with Crippen molar-refractivity contribution in [3.8, 4) is 5.75 Å². The predicted octanol–water partition coefficient (Wildman–Crippen LogP) is 3.34. The average molecular weight is 501 g/mol. The lowest BCUT2D eigenvalue weighted by Gasteiger charge is -2.13. The van der Waals surface area contributed by atoms with Crippen molar-refractivity contribution in [2.45, 2.75) is 40.8 Å². The van der Waals surface area contributed by atoms with Crippen LogP contribution in [0.1, 0.15) is 31.9 Å². The Labute approximate surface area is 207 Å². The van der Waals surface area contributed by atoms with Crippen LogP contribution in [0.25, 0.3) is 0 Å². The molecule has 1 heterocycles. The number of ether oxygens (including phenoxy) is 1. The van der Waals surface area contributed by atoms with E-state index >= 15 is 0 Å². The molecule has 0 aliphatic rings. The Morgan fingerprint density at radius 2 is 1.80 bits per heavy atom. The Morgan fingerprint density at radius 3 is 2.40 bits per heavy atom. The van der Waals surface area contributed by atoms with Crippen LogP contribution >= 0.6 is 11.6 Å². The molecular weight excluding hydrogens is 472 g/mol. The molecule has 0 unspecified atom stereocenters. The molecule has 0 saturated heterocycles. The van der Waals surface area contributed by atoms with Gasteiger partial charge in [-0.1, -0.05) is 44.5 Å². The fourth-order valence-electron chi connectivity index (χ4n) is 3.31. The molecule has 0 amide bonds. The van der Waals surface area contributed by atoms with Crippen LogP contribution < -0.4 is 21.7 Å². The molecule has 0 fully saturated rings.